The Bertz CT molecular complexity index is 1200. The molecule has 2 atom stereocenters. The molecule has 0 unspecified atom stereocenters. The number of carbonyl (C=O) groups is 1. The van der Waals surface area contributed by atoms with Crippen LogP contribution in [0.25, 0.3) is 11.1 Å². The van der Waals surface area contributed by atoms with Gasteiger partial charge < -0.3 is 5.73 Å². The van der Waals surface area contributed by atoms with Crippen molar-refractivity contribution in [2.45, 2.75) is 18.4 Å². The molecule has 0 spiro atoms. The predicted octanol–water partition coefficient (Wildman–Crippen LogP) is 4.12. The van der Waals surface area contributed by atoms with Crippen molar-refractivity contribution in [1.29, 1.82) is 5.26 Å². The van der Waals surface area contributed by atoms with Gasteiger partial charge in [-0.25, -0.2) is 4.99 Å². The quantitative estimate of drug-likeness (QED) is 0.669. The molecule has 0 bridgehead atoms. The fourth-order valence-corrected chi connectivity index (χ4v) is 4.78. The Labute approximate surface area is 183 Å². The number of hydrogen-bond donors (Lipinski definition) is 1. The van der Waals surface area contributed by atoms with E-state index in [4.69, 9.17) is 22.3 Å². The van der Waals surface area contributed by atoms with Crippen LogP contribution in [0.4, 0.5) is 0 Å². The SMILES string of the molecule is CN1C(=O)[C@H](c2ccc(Cl)cn2)[C@@](C)(c2cc(-c3cccc(C#N)c3)cs2)N=C1N. The van der Waals surface area contributed by atoms with E-state index in [1.807, 2.05) is 36.6 Å². The normalized spacial score (nSPS) is 21.3. The molecule has 0 saturated heterocycles. The minimum atomic E-state index is -0.926. The van der Waals surface area contributed by atoms with Crippen molar-refractivity contribution in [3.8, 4) is 17.2 Å². The molecule has 4 rings (SSSR count). The molecule has 8 heteroatoms. The van der Waals surface area contributed by atoms with E-state index in [2.05, 4.69) is 11.1 Å². The molecular formula is C22H18ClN5OS. The van der Waals surface area contributed by atoms with Gasteiger partial charge in [0.05, 0.1) is 22.3 Å². The molecule has 0 radical (unpaired) electrons. The Morgan fingerprint density at radius 1 is 1.27 bits per heavy atom. The summed E-state index contributed by atoms with van der Waals surface area (Å²) >= 11 is 7.50. The van der Waals surface area contributed by atoms with Gasteiger partial charge in [-0.15, -0.1) is 11.3 Å². The number of pyridine rings is 1. The molecule has 1 aliphatic heterocycles. The number of likely N-dealkylation sites (N-methyl/N-ethyl adjacent to an activating group) is 1. The lowest BCUT2D eigenvalue weighted by molar-refractivity contribution is -0.130. The maximum Gasteiger partial charge on any atom is 0.241 e. The summed E-state index contributed by atoms with van der Waals surface area (Å²) in [5.74, 6) is -0.667. The number of thiophene rings is 1. The molecule has 1 aliphatic rings. The summed E-state index contributed by atoms with van der Waals surface area (Å²) in [7, 11) is 1.61. The summed E-state index contributed by atoms with van der Waals surface area (Å²) in [6.45, 7) is 1.90. The van der Waals surface area contributed by atoms with E-state index in [9.17, 15) is 10.1 Å². The van der Waals surface area contributed by atoms with E-state index in [0.717, 1.165) is 16.0 Å². The molecule has 30 heavy (non-hydrogen) atoms. The topological polar surface area (TPSA) is 95.4 Å². The lowest BCUT2D eigenvalue weighted by Crippen LogP contribution is -2.52. The van der Waals surface area contributed by atoms with E-state index in [-0.39, 0.29) is 11.9 Å². The highest BCUT2D eigenvalue weighted by molar-refractivity contribution is 7.10. The average Bonchev–Trinajstić information content (AvgIpc) is 3.25. The van der Waals surface area contributed by atoms with E-state index in [0.29, 0.717) is 16.3 Å². The van der Waals surface area contributed by atoms with Crippen molar-refractivity contribution in [2.24, 2.45) is 10.7 Å². The maximum absolute atomic E-state index is 13.2. The molecule has 1 aromatic carbocycles. The average molecular weight is 436 g/mol. The lowest BCUT2D eigenvalue weighted by Gasteiger charge is -2.39. The van der Waals surface area contributed by atoms with Crippen molar-refractivity contribution in [1.82, 2.24) is 9.88 Å². The van der Waals surface area contributed by atoms with Gasteiger partial charge in [0.1, 0.15) is 11.5 Å². The lowest BCUT2D eigenvalue weighted by atomic mass is 9.79. The van der Waals surface area contributed by atoms with Gasteiger partial charge in [0.25, 0.3) is 0 Å². The molecule has 3 heterocycles. The summed E-state index contributed by atoms with van der Waals surface area (Å²) in [6, 6.07) is 15.0. The zero-order chi connectivity index (χ0) is 21.5. The Hall–Kier alpha value is -3.21. The van der Waals surface area contributed by atoms with Gasteiger partial charge in [0.2, 0.25) is 5.91 Å². The zero-order valence-electron chi connectivity index (χ0n) is 16.3. The Balaban J connectivity index is 1.83. The number of aromatic nitrogens is 1. The molecule has 1 amide bonds. The highest BCUT2D eigenvalue weighted by Crippen LogP contribution is 2.46. The van der Waals surface area contributed by atoms with Gasteiger partial charge in [-0.05, 0) is 53.8 Å². The van der Waals surface area contributed by atoms with Crippen LogP contribution >= 0.6 is 22.9 Å². The number of nitrogens with two attached hydrogens (primary N) is 1. The van der Waals surface area contributed by atoms with Gasteiger partial charge in [0, 0.05) is 18.1 Å². The smallest absolute Gasteiger partial charge is 0.241 e. The van der Waals surface area contributed by atoms with E-state index >= 15 is 0 Å². The molecule has 0 fully saturated rings. The van der Waals surface area contributed by atoms with Crippen LogP contribution in [0, 0.1) is 11.3 Å². The number of amides is 1. The molecule has 0 aliphatic carbocycles. The fraction of sp³-hybridized carbons (Fsp3) is 0.182. The zero-order valence-corrected chi connectivity index (χ0v) is 17.9. The van der Waals surface area contributed by atoms with E-state index in [1.165, 1.54) is 22.4 Å². The highest BCUT2D eigenvalue weighted by atomic mass is 35.5. The fourth-order valence-electron chi connectivity index (χ4n) is 3.62. The summed E-state index contributed by atoms with van der Waals surface area (Å²) in [5, 5.41) is 11.7. The number of aliphatic imine (C=N–C) groups is 1. The number of carbonyl (C=O) groups excluding carboxylic acids is 1. The third-order valence-corrected chi connectivity index (χ3v) is 6.68. The molecule has 0 saturated carbocycles. The standard InChI is InChI=1S/C22H18ClN5OS/c1-22(18-9-15(12-30-18)14-5-3-4-13(8-14)10-24)19(17-7-6-16(23)11-26-17)20(29)28(2)21(25)27-22/h3-9,11-12,19H,1-2H3,(H2,25,27)/t19-,22+/m0/s1. The van der Waals surface area contributed by atoms with E-state index in [1.54, 1.807) is 25.2 Å². The van der Waals surface area contributed by atoms with Crippen LogP contribution in [-0.4, -0.2) is 28.8 Å². The van der Waals surface area contributed by atoms with Crippen LogP contribution in [-0.2, 0) is 10.3 Å². The van der Waals surface area contributed by atoms with Crippen LogP contribution in [0.3, 0.4) is 0 Å². The summed E-state index contributed by atoms with van der Waals surface area (Å²) in [5.41, 5.74) is 8.21. The molecule has 3 aromatic rings. The number of benzene rings is 1. The molecular weight excluding hydrogens is 418 g/mol. The van der Waals surface area contributed by atoms with Crippen LogP contribution < -0.4 is 5.73 Å². The monoisotopic (exact) mass is 435 g/mol. The summed E-state index contributed by atoms with van der Waals surface area (Å²) in [4.78, 5) is 24.6. The van der Waals surface area contributed by atoms with Crippen LogP contribution in [0.15, 0.2) is 59.0 Å². The molecule has 150 valence electrons. The number of hydrogen-bond acceptors (Lipinski definition) is 6. The number of guanidine groups is 1. The first kappa shape index (κ1) is 20.1. The number of nitrogens with zero attached hydrogens (tertiary/aromatic N) is 4. The first-order valence-electron chi connectivity index (χ1n) is 9.17. The Morgan fingerprint density at radius 3 is 2.77 bits per heavy atom. The van der Waals surface area contributed by atoms with Crippen molar-refractivity contribution < 1.29 is 4.79 Å². The Kier molecular flexibility index (Phi) is 5.06. The van der Waals surface area contributed by atoms with Crippen LogP contribution in [0.2, 0.25) is 5.02 Å². The molecule has 6 nitrogen and oxygen atoms in total. The highest BCUT2D eigenvalue weighted by Gasteiger charge is 2.48. The molecule has 2 N–H and O–H groups in total. The van der Waals surface area contributed by atoms with Gasteiger partial charge in [-0.3, -0.25) is 14.7 Å². The third-order valence-electron chi connectivity index (χ3n) is 5.30. The largest absolute Gasteiger partial charge is 0.369 e. The van der Waals surface area contributed by atoms with Gasteiger partial charge >= 0.3 is 0 Å². The van der Waals surface area contributed by atoms with Crippen molar-refractivity contribution in [3.63, 3.8) is 0 Å². The van der Waals surface area contributed by atoms with Crippen LogP contribution in [0.5, 0.6) is 0 Å². The number of nitriles is 1. The van der Waals surface area contributed by atoms with Gasteiger partial charge in [-0.2, -0.15) is 5.26 Å². The first-order valence-corrected chi connectivity index (χ1v) is 10.4. The number of rotatable bonds is 3. The van der Waals surface area contributed by atoms with Crippen molar-refractivity contribution >= 4 is 34.8 Å². The van der Waals surface area contributed by atoms with Crippen molar-refractivity contribution in [3.05, 3.63) is 75.2 Å². The van der Waals surface area contributed by atoms with E-state index < -0.39 is 11.5 Å². The second-order valence-electron chi connectivity index (χ2n) is 7.24. The maximum atomic E-state index is 13.2. The second kappa shape index (κ2) is 7.56. The van der Waals surface area contributed by atoms with Crippen LogP contribution in [0.1, 0.15) is 29.0 Å². The predicted molar refractivity (Wildman–Crippen MR) is 118 cm³/mol. The third kappa shape index (κ3) is 3.34. The van der Waals surface area contributed by atoms with Crippen molar-refractivity contribution in [2.75, 3.05) is 7.05 Å². The minimum absolute atomic E-state index is 0.161. The Morgan fingerprint density at radius 2 is 2.07 bits per heavy atom. The van der Waals surface area contributed by atoms with Gasteiger partial charge in [-0.1, -0.05) is 23.7 Å². The number of halogens is 1. The molecule has 2 aromatic heterocycles. The second-order valence-corrected chi connectivity index (χ2v) is 8.59. The summed E-state index contributed by atoms with van der Waals surface area (Å²) in [6.07, 6.45) is 1.53. The van der Waals surface area contributed by atoms with Gasteiger partial charge in [0.15, 0.2) is 5.96 Å². The summed E-state index contributed by atoms with van der Waals surface area (Å²) < 4.78 is 0. The minimum Gasteiger partial charge on any atom is -0.369 e. The first-order chi connectivity index (χ1) is 14.3.